The molecule has 20 heavy (non-hydrogen) atoms. The van der Waals surface area contributed by atoms with Crippen LogP contribution < -0.4 is 10.3 Å². The van der Waals surface area contributed by atoms with Crippen molar-refractivity contribution < 1.29 is 9.36 Å². The van der Waals surface area contributed by atoms with Crippen molar-refractivity contribution in [1.29, 1.82) is 0 Å². The van der Waals surface area contributed by atoms with Gasteiger partial charge in [-0.3, -0.25) is 10.5 Å². The van der Waals surface area contributed by atoms with E-state index in [-0.39, 0.29) is 29.3 Å². The van der Waals surface area contributed by atoms with E-state index in [1.54, 1.807) is 0 Å². The molecular weight excluding hydrogens is 336 g/mol. The third-order valence-corrected chi connectivity index (χ3v) is 4.03. The molecule has 2 aromatic carbocycles. The van der Waals surface area contributed by atoms with Crippen LogP contribution in [0.2, 0.25) is 0 Å². The van der Waals surface area contributed by atoms with Gasteiger partial charge in [-0.05, 0) is 23.5 Å². The van der Waals surface area contributed by atoms with Crippen LogP contribution in [0.4, 0.5) is 5.13 Å². The van der Waals surface area contributed by atoms with Gasteiger partial charge in [0.2, 0.25) is 5.78 Å². The number of anilines is 1. The summed E-state index contributed by atoms with van der Waals surface area (Å²) in [5.74, 6) is 0.0702. The van der Waals surface area contributed by atoms with Gasteiger partial charge in [0.1, 0.15) is 5.52 Å². The minimum absolute atomic E-state index is 0. The molecule has 5 heteroatoms. The van der Waals surface area contributed by atoms with Crippen molar-refractivity contribution in [1.82, 2.24) is 0 Å². The fourth-order valence-corrected chi connectivity index (χ4v) is 3.00. The predicted octanol–water partition coefficient (Wildman–Crippen LogP) is 3.23. The molecule has 0 fully saturated rings. The first-order valence-electron chi connectivity index (χ1n) is 6.01. The molecule has 3 rings (SSSR count). The van der Waals surface area contributed by atoms with Gasteiger partial charge in [0.15, 0.2) is 6.54 Å². The second kappa shape index (κ2) is 6.15. The van der Waals surface area contributed by atoms with Gasteiger partial charge in [0.05, 0.1) is 4.70 Å². The van der Waals surface area contributed by atoms with E-state index in [9.17, 15) is 4.79 Å². The van der Waals surface area contributed by atoms with Gasteiger partial charge < -0.3 is 0 Å². The molecule has 0 amide bonds. The predicted molar refractivity (Wildman–Crippen MR) is 87.5 cm³/mol. The molecule has 2 N–H and O–H groups in total. The monoisotopic (exact) mass is 349 g/mol. The van der Waals surface area contributed by atoms with Crippen LogP contribution in [0.5, 0.6) is 0 Å². The van der Waals surface area contributed by atoms with Gasteiger partial charge >= 0.3 is 5.13 Å². The number of carbonyl (C=O) groups excluding carboxylic acids is 1. The van der Waals surface area contributed by atoms with Crippen LogP contribution in [0.3, 0.4) is 0 Å². The highest BCUT2D eigenvalue weighted by atomic mass is 79.9. The largest absolute Gasteiger partial charge is 0.333 e. The van der Waals surface area contributed by atoms with E-state index in [0.717, 1.165) is 10.2 Å². The van der Waals surface area contributed by atoms with Crippen molar-refractivity contribution >= 4 is 49.4 Å². The number of fused-ring (bicyclic) bond motifs is 1. The SMILES string of the molecule is Br.Nc1sc2ccccc2[n+]1CC(=O)c1ccccc1. The molecule has 0 saturated carbocycles. The molecule has 102 valence electrons. The molecular formula is C15H14BrN2OS+. The number of nitrogens with two attached hydrogens (primary N) is 1. The number of carbonyl (C=O) groups is 1. The summed E-state index contributed by atoms with van der Waals surface area (Å²) in [6, 6.07) is 17.2. The maximum absolute atomic E-state index is 12.2. The van der Waals surface area contributed by atoms with E-state index < -0.39 is 0 Å². The Labute approximate surface area is 131 Å². The van der Waals surface area contributed by atoms with Crippen LogP contribution in [0.1, 0.15) is 10.4 Å². The molecule has 3 nitrogen and oxygen atoms in total. The molecule has 0 aliphatic rings. The lowest BCUT2D eigenvalue weighted by Crippen LogP contribution is -2.39. The van der Waals surface area contributed by atoms with Gasteiger partial charge in [-0.1, -0.05) is 42.5 Å². The molecule has 0 unspecified atom stereocenters. The van der Waals surface area contributed by atoms with Crippen LogP contribution >= 0.6 is 28.3 Å². The smallest absolute Gasteiger partial charge is 0.290 e. The van der Waals surface area contributed by atoms with E-state index in [4.69, 9.17) is 5.73 Å². The Bertz CT molecular complexity index is 740. The average molecular weight is 350 g/mol. The molecule has 0 radical (unpaired) electrons. The number of nitrogens with zero attached hydrogens (tertiary/aromatic N) is 1. The number of aromatic nitrogens is 1. The lowest BCUT2D eigenvalue weighted by atomic mass is 10.1. The Hall–Kier alpha value is -1.72. The summed E-state index contributed by atoms with van der Waals surface area (Å²) in [4.78, 5) is 12.2. The Morgan fingerprint density at radius 2 is 1.70 bits per heavy atom. The van der Waals surface area contributed by atoms with Crippen molar-refractivity contribution in [3.8, 4) is 0 Å². The molecule has 0 saturated heterocycles. The first-order chi connectivity index (χ1) is 9.25. The third-order valence-electron chi connectivity index (χ3n) is 3.03. The van der Waals surface area contributed by atoms with E-state index in [0.29, 0.717) is 10.7 Å². The molecule has 3 aromatic rings. The van der Waals surface area contributed by atoms with Gasteiger partial charge in [-0.2, -0.15) is 0 Å². The number of para-hydroxylation sites is 1. The van der Waals surface area contributed by atoms with Gasteiger partial charge in [-0.25, -0.2) is 4.57 Å². The number of rotatable bonds is 3. The summed E-state index contributed by atoms with van der Waals surface area (Å²) in [6.45, 7) is 0.278. The molecule has 1 heterocycles. The number of hydrogen-bond acceptors (Lipinski definition) is 3. The zero-order chi connectivity index (χ0) is 13.2. The Morgan fingerprint density at radius 1 is 1.05 bits per heavy atom. The number of benzene rings is 2. The van der Waals surface area contributed by atoms with E-state index >= 15 is 0 Å². The van der Waals surface area contributed by atoms with Crippen LogP contribution in [0, 0.1) is 0 Å². The Balaban J connectivity index is 0.00000147. The summed E-state index contributed by atoms with van der Waals surface area (Å²) < 4.78 is 2.97. The first-order valence-corrected chi connectivity index (χ1v) is 6.82. The zero-order valence-electron chi connectivity index (χ0n) is 10.7. The van der Waals surface area contributed by atoms with Crippen LogP contribution in [-0.4, -0.2) is 5.78 Å². The maximum atomic E-state index is 12.2. The lowest BCUT2D eigenvalue weighted by Gasteiger charge is -2.00. The second-order valence-corrected chi connectivity index (χ2v) is 5.35. The minimum Gasteiger partial charge on any atom is -0.290 e. The summed E-state index contributed by atoms with van der Waals surface area (Å²) in [5, 5.41) is 0.658. The maximum Gasteiger partial charge on any atom is 0.333 e. The van der Waals surface area contributed by atoms with Gasteiger partial charge in [0, 0.05) is 5.56 Å². The summed E-state index contributed by atoms with van der Waals surface area (Å²) in [7, 11) is 0. The number of thiazole rings is 1. The number of Topliss-reactive ketones (excluding diaryl/α,β-unsaturated/α-hetero) is 1. The number of nitrogen functional groups attached to an aromatic ring is 1. The third kappa shape index (κ3) is 2.73. The molecule has 0 aliphatic heterocycles. The highest BCUT2D eigenvalue weighted by Crippen LogP contribution is 2.21. The quantitative estimate of drug-likeness (QED) is 0.582. The summed E-state index contributed by atoms with van der Waals surface area (Å²) in [6.07, 6.45) is 0. The highest BCUT2D eigenvalue weighted by molar-refractivity contribution is 8.93. The first kappa shape index (κ1) is 14.7. The fourth-order valence-electron chi connectivity index (χ4n) is 2.07. The Kier molecular flexibility index (Phi) is 4.52. The molecule has 0 aliphatic carbocycles. The summed E-state index contributed by atoms with van der Waals surface area (Å²) in [5.41, 5.74) is 7.73. The van der Waals surface area contributed by atoms with Crippen molar-refractivity contribution in [2.24, 2.45) is 0 Å². The number of halogens is 1. The van der Waals surface area contributed by atoms with Crippen LogP contribution in [-0.2, 0) is 6.54 Å². The van der Waals surface area contributed by atoms with E-state index in [2.05, 4.69) is 0 Å². The van der Waals surface area contributed by atoms with Crippen LogP contribution in [0.25, 0.3) is 10.2 Å². The molecule has 1 aromatic heterocycles. The van der Waals surface area contributed by atoms with Crippen molar-refractivity contribution in [3.05, 3.63) is 60.2 Å². The standard InChI is InChI=1S/C15H12N2OS.BrH/c16-15-17(12-8-4-5-9-14(12)19-15)10-13(18)11-6-2-1-3-7-11;/h1-9,16H,10H2;1H/p+1. The lowest BCUT2D eigenvalue weighted by molar-refractivity contribution is -0.638. The molecule has 0 bridgehead atoms. The molecule has 0 atom stereocenters. The van der Waals surface area contributed by atoms with E-state index in [1.165, 1.54) is 11.3 Å². The van der Waals surface area contributed by atoms with Gasteiger partial charge in [-0.15, -0.1) is 17.0 Å². The second-order valence-electron chi connectivity index (χ2n) is 4.28. The zero-order valence-corrected chi connectivity index (χ0v) is 13.2. The average Bonchev–Trinajstić information content (AvgIpc) is 2.76. The van der Waals surface area contributed by atoms with Crippen LogP contribution in [0.15, 0.2) is 54.6 Å². The fraction of sp³-hybridized carbons (Fsp3) is 0.0667. The number of hydrogen-bond donors (Lipinski definition) is 1. The van der Waals surface area contributed by atoms with Crippen molar-refractivity contribution in [2.45, 2.75) is 6.54 Å². The van der Waals surface area contributed by atoms with Gasteiger partial charge in [0.25, 0.3) is 0 Å². The summed E-state index contributed by atoms with van der Waals surface area (Å²) >= 11 is 1.50. The topological polar surface area (TPSA) is 47.0 Å². The number of ketones is 1. The van der Waals surface area contributed by atoms with E-state index in [1.807, 2.05) is 59.2 Å². The normalized spacial score (nSPS) is 10.2. The minimum atomic E-state index is 0. The van der Waals surface area contributed by atoms with Crippen molar-refractivity contribution in [2.75, 3.05) is 5.73 Å². The van der Waals surface area contributed by atoms with Crippen molar-refractivity contribution in [3.63, 3.8) is 0 Å². The Morgan fingerprint density at radius 3 is 2.45 bits per heavy atom. The highest BCUT2D eigenvalue weighted by Gasteiger charge is 2.18. The molecule has 0 spiro atoms.